The first-order valence-corrected chi connectivity index (χ1v) is 8.32. The molecule has 0 aliphatic carbocycles. The number of anilines is 1. The zero-order chi connectivity index (χ0) is 16.2. The van der Waals surface area contributed by atoms with Crippen LogP contribution < -0.4 is 5.01 Å². The highest BCUT2D eigenvalue weighted by molar-refractivity contribution is 9.10. The summed E-state index contributed by atoms with van der Waals surface area (Å²) in [6, 6.07) is 16.0. The second kappa shape index (κ2) is 6.92. The van der Waals surface area contributed by atoms with E-state index in [1.165, 1.54) is 5.56 Å². The van der Waals surface area contributed by atoms with Crippen LogP contribution in [0, 0.1) is 0 Å². The highest BCUT2D eigenvalue weighted by Crippen LogP contribution is 2.27. The van der Waals surface area contributed by atoms with Crippen molar-refractivity contribution in [3.63, 3.8) is 0 Å². The normalized spacial score (nSPS) is 14.3. The van der Waals surface area contributed by atoms with E-state index >= 15 is 0 Å². The van der Waals surface area contributed by atoms with Gasteiger partial charge in [-0.05, 0) is 48.8 Å². The van der Waals surface area contributed by atoms with Gasteiger partial charge in [0.2, 0.25) is 5.78 Å². The Balaban J connectivity index is 1.74. The van der Waals surface area contributed by atoms with Crippen LogP contribution in [0.15, 0.2) is 64.2 Å². The van der Waals surface area contributed by atoms with Gasteiger partial charge in [0.15, 0.2) is 0 Å². The van der Waals surface area contributed by atoms with E-state index in [2.05, 4.69) is 27.1 Å². The molecule has 0 amide bonds. The van der Waals surface area contributed by atoms with Gasteiger partial charge in [-0.1, -0.05) is 52.3 Å². The maximum Gasteiger partial charge on any atom is 0.201 e. The molecule has 0 N–H and O–H groups in total. The van der Waals surface area contributed by atoms with Gasteiger partial charge in [-0.15, -0.1) is 0 Å². The zero-order valence-electron chi connectivity index (χ0n) is 12.9. The second-order valence-electron chi connectivity index (χ2n) is 5.41. The standard InChI is InChI=1S/C19H17BrN2O/c1-14(19(23)11-10-15-6-2-4-8-17(15)20)21-22-13-12-16-7-3-5-9-18(16)22/h2-11H,12-13H2,1H3/b11-10+,21-14+. The van der Waals surface area contributed by atoms with Gasteiger partial charge in [-0.2, -0.15) is 5.10 Å². The predicted octanol–water partition coefficient (Wildman–Crippen LogP) is 4.47. The quantitative estimate of drug-likeness (QED) is 0.589. The molecule has 3 rings (SSSR count). The molecule has 0 aromatic heterocycles. The molecule has 0 fully saturated rings. The summed E-state index contributed by atoms with van der Waals surface area (Å²) in [4.78, 5) is 12.3. The molecule has 3 nitrogen and oxygen atoms in total. The molecular formula is C19H17BrN2O. The average molecular weight is 369 g/mol. The zero-order valence-corrected chi connectivity index (χ0v) is 14.5. The molecule has 0 saturated heterocycles. The summed E-state index contributed by atoms with van der Waals surface area (Å²) in [5, 5.41) is 6.40. The molecule has 4 heteroatoms. The maximum absolute atomic E-state index is 12.3. The number of rotatable bonds is 4. The molecule has 0 saturated carbocycles. The molecule has 1 aliphatic heterocycles. The van der Waals surface area contributed by atoms with Crippen molar-refractivity contribution in [1.29, 1.82) is 0 Å². The van der Waals surface area contributed by atoms with Crippen LogP contribution in [-0.2, 0) is 11.2 Å². The fraction of sp³-hybridized carbons (Fsp3) is 0.158. The highest BCUT2D eigenvalue weighted by Gasteiger charge is 2.18. The lowest BCUT2D eigenvalue weighted by Gasteiger charge is -2.13. The van der Waals surface area contributed by atoms with Crippen molar-refractivity contribution in [2.24, 2.45) is 5.10 Å². The van der Waals surface area contributed by atoms with E-state index in [4.69, 9.17) is 0 Å². The third-order valence-corrected chi connectivity index (χ3v) is 4.53. The molecule has 23 heavy (non-hydrogen) atoms. The number of halogens is 1. The third-order valence-electron chi connectivity index (χ3n) is 3.81. The summed E-state index contributed by atoms with van der Waals surface area (Å²) in [7, 11) is 0. The summed E-state index contributed by atoms with van der Waals surface area (Å²) in [5.41, 5.74) is 3.83. The first-order valence-electron chi connectivity index (χ1n) is 7.53. The van der Waals surface area contributed by atoms with E-state index in [0.717, 1.165) is 28.7 Å². The predicted molar refractivity (Wildman–Crippen MR) is 98.8 cm³/mol. The van der Waals surface area contributed by atoms with Crippen LogP contribution in [0.4, 0.5) is 5.69 Å². The molecule has 0 radical (unpaired) electrons. The lowest BCUT2D eigenvalue weighted by Crippen LogP contribution is -2.18. The van der Waals surface area contributed by atoms with Crippen molar-refractivity contribution >= 4 is 39.2 Å². The number of fused-ring (bicyclic) bond motifs is 1. The van der Waals surface area contributed by atoms with Crippen molar-refractivity contribution in [2.45, 2.75) is 13.3 Å². The Hall–Kier alpha value is -2.20. The molecular weight excluding hydrogens is 352 g/mol. The van der Waals surface area contributed by atoms with Crippen molar-refractivity contribution in [2.75, 3.05) is 11.6 Å². The number of hydrazone groups is 1. The van der Waals surface area contributed by atoms with Gasteiger partial charge in [0.05, 0.1) is 5.69 Å². The summed E-state index contributed by atoms with van der Waals surface area (Å²) in [6.45, 7) is 2.57. The monoisotopic (exact) mass is 368 g/mol. The summed E-state index contributed by atoms with van der Waals surface area (Å²) >= 11 is 3.47. The van der Waals surface area contributed by atoms with Crippen molar-refractivity contribution < 1.29 is 4.79 Å². The van der Waals surface area contributed by atoms with Crippen LogP contribution in [-0.4, -0.2) is 18.0 Å². The minimum absolute atomic E-state index is 0.0786. The van der Waals surface area contributed by atoms with Crippen LogP contribution in [0.5, 0.6) is 0 Å². The van der Waals surface area contributed by atoms with E-state index in [-0.39, 0.29) is 5.78 Å². The number of ketones is 1. The minimum atomic E-state index is -0.0786. The molecule has 1 aliphatic rings. The summed E-state index contributed by atoms with van der Waals surface area (Å²) in [5.74, 6) is -0.0786. The van der Waals surface area contributed by atoms with E-state index < -0.39 is 0 Å². The molecule has 0 atom stereocenters. The third kappa shape index (κ3) is 3.59. The number of allylic oxidation sites excluding steroid dienone is 1. The summed E-state index contributed by atoms with van der Waals surface area (Å²) in [6.07, 6.45) is 4.35. The smallest absolute Gasteiger partial charge is 0.201 e. The number of nitrogens with zero attached hydrogens (tertiary/aromatic N) is 2. The Morgan fingerprint density at radius 2 is 1.91 bits per heavy atom. The molecule has 0 unspecified atom stereocenters. The van der Waals surface area contributed by atoms with Gasteiger partial charge < -0.3 is 0 Å². The van der Waals surface area contributed by atoms with Crippen molar-refractivity contribution in [3.05, 3.63) is 70.2 Å². The Morgan fingerprint density at radius 1 is 1.17 bits per heavy atom. The SMILES string of the molecule is C/C(=N\N1CCc2ccccc21)C(=O)/C=C/c1ccccc1Br. The first kappa shape index (κ1) is 15.7. The van der Waals surface area contributed by atoms with E-state index in [1.54, 1.807) is 13.0 Å². The fourth-order valence-corrected chi connectivity index (χ4v) is 2.97. The van der Waals surface area contributed by atoms with Crippen LogP contribution in [0.2, 0.25) is 0 Å². The van der Waals surface area contributed by atoms with Gasteiger partial charge in [-0.25, -0.2) is 0 Å². The van der Waals surface area contributed by atoms with E-state index in [9.17, 15) is 4.79 Å². The number of carbonyl (C=O) groups excluding carboxylic acids is 1. The molecule has 116 valence electrons. The topological polar surface area (TPSA) is 32.7 Å². The van der Waals surface area contributed by atoms with Gasteiger partial charge in [0, 0.05) is 11.0 Å². The molecule has 1 heterocycles. The first-order chi connectivity index (χ1) is 11.1. The number of hydrogen-bond donors (Lipinski definition) is 0. The van der Waals surface area contributed by atoms with E-state index in [1.807, 2.05) is 53.5 Å². The van der Waals surface area contributed by atoms with E-state index in [0.29, 0.717) is 5.71 Å². The van der Waals surface area contributed by atoms with Crippen LogP contribution in [0.1, 0.15) is 18.1 Å². The minimum Gasteiger partial charge on any atom is -0.288 e. The number of para-hydroxylation sites is 1. The lowest BCUT2D eigenvalue weighted by molar-refractivity contribution is -0.108. The van der Waals surface area contributed by atoms with Crippen molar-refractivity contribution in [3.8, 4) is 0 Å². The van der Waals surface area contributed by atoms with Gasteiger partial charge in [0.25, 0.3) is 0 Å². The van der Waals surface area contributed by atoms with Gasteiger partial charge in [-0.3, -0.25) is 9.80 Å². The Labute approximate surface area is 144 Å². The maximum atomic E-state index is 12.3. The van der Waals surface area contributed by atoms with Crippen molar-refractivity contribution in [1.82, 2.24) is 0 Å². The number of carbonyl (C=O) groups is 1. The molecule has 0 spiro atoms. The molecule has 0 bridgehead atoms. The second-order valence-corrected chi connectivity index (χ2v) is 6.26. The lowest BCUT2D eigenvalue weighted by atomic mass is 10.1. The largest absolute Gasteiger partial charge is 0.288 e. The Kier molecular flexibility index (Phi) is 4.72. The average Bonchev–Trinajstić information content (AvgIpc) is 2.97. The highest BCUT2D eigenvalue weighted by atomic mass is 79.9. The van der Waals surface area contributed by atoms with Crippen LogP contribution >= 0.6 is 15.9 Å². The number of hydrogen-bond acceptors (Lipinski definition) is 3. The van der Waals surface area contributed by atoms with Gasteiger partial charge >= 0.3 is 0 Å². The Morgan fingerprint density at radius 3 is 2.74 bits per heavy atom. The molecule has 2 aromatic carbocycles. The molecule has 2 aromatic rings. The van der Waals surface area contributed by atoms with Gasteiger partial charge in [0.1, 0.15) is 5.71 Å². The van der Waals surface area contributed by atoms with Crippen LogP contribution in [0.25, 0.3) is 6.08 Å². The Bertz CT molecular complexity index is 795. The fourth-order valence-electron chi connectivity index (χ4n) is 2.55. The summed E-state index contributed by atoms with van der Waals surface area (Å²) < 4.78 is 0.965. The van der Waals surface area contributed by atoms with Crippen LogP contribution in [0.3, 0.4) is 0 Å². The number of benzene rings is 2.